The molecule has 1 aliphatic heterocycles. The van der Waals surface area contributed by atoms with Crippen LogP contribution in [0.2, 0.25) is 0 Å². The maximum Gasteiger partial charge on any atom is 0.301 e. The minimum Gasteiger partial charge on any atom is -0.396 e. The molecule has 1 saturated heterocycles. The van der Waals surface area contributed by atoms with E-state index in [1.54, 1.807) is 13.2 Å². The Hall–Kier alpha value is -1.12. The summed E-state index contributed by atoms with van der Waals surface area (Å²) >= 11 is 0. The van der Waals surface area contributed by atoms with Crippen molar-refractivity contribution >= 4 is 15.9 Å². The minimum absolute atomic E-state index is 0.0267. The third-order valence-corrected chi connectivity index (χ3v) is 4.54. The first-order valence-corrected chi connectivity index (χ1v) is 7.32. The fourth-order valence-corrected chi connectivity index (χ4v) is 3.39. The third kappa shape index (κ3) is 3.01. The average Bonchev–Trinajstić information content (AvgIpc) is 2.74. The zero-order valence-electron chi connectivity index (χ0n) is 10.3. The number of piperidine rings is 1. The van der Waals surface area contributed by atoms with Crippen molar-refractivity contribution in [2.24, 2.45) is 13.0 Å². The number of aliphatic hydroxyl groups is 1. The van der Waals surface area contributed by atoms with E-state index < -0.39 is 10.2 Å². The van der Waals surface area contributed by atoms with Gasteiger partial charge in [0.25, 0.3) is 0 Å². The normalized spacial score (nSPS) is 22.0. The summed E-state index contributed by atoms with van der Waals surface area (Å²) in [7, 11) is -1.82. The van der Waals surface area contributed by atoms with Gasteiger partial charge in [-0.2, -0.15) is 17.8 Å². The largest absolute Gasteiger partial charge is 0.396 e. The van der Waals surface area contributed by atoms with Crippen LogP contribution in [0.15, 0.2) is 12.4 Å². The van der Waals surface area contributed by atoms with Gasteiger partial charge in [0, 0.05) is 32.9 Å². The van der Waals surface area contributed by atoms with Crippen molar-refractivity contribution in [3.8, 4) is 0 Å². The Morgan fingerprint density at radius 2 is 2.39 bits per heavy atom. The van der Waals surface area contributed by atoms with Gasteiger partial charge in [-0.1, -0.05) is 0 Å². The maximum absolute atomic E-state index is 12.1. The molecule has 0 amide bonds. The monoisotopic (exact) mass is 274 g/mol. The topological polar surface area (TPSA) is 87.5 Å². The number of nitrogens with zero attached hydrogens (tertiary/aromatic N) is 3. The molecule has 1 unspecified atom stereocenters. The highest BCUT2D eigenvalue weighted by Gasteiger charge is 2.28. The van der Waals surface area contributed by atoms with Crippen molar-refractivity contribution in [3.63, 3.8) is 0 Å². The Balaban J connectivity index is 2.06. The third-order valence-electron chi connectivity index (χ3n) is 3.03. The van der Waals surface area contributed by atoms with E-state index in [1.165, 1.54) is 15.2 Å². The molecule has 0 saturated carbocycles. The van der Waals surface area contributed by atoms with Gasteiger partial charge >= 0.3 is 10.2 Å². The van der Waals surface area contributed by atoms with Gasteiger partial charge in [0.1, 0.15) is 0 Å². The van der Waals surface area contributed by atoms with Crippen LogP contribution in [0.5, 0.6) is 0 Å². The molecule has 0 aromatic carbocycles. The standard InChI is InChI=1S/C10H18N4O3S/c1-13-7-10(5-11-13)12-18(16,17)14-4-2-3-9(6-14)8-15/h5,7,9,12,15H,2-4,6,8H2,1H3. The van der Waals surface area contributed by atoms with E-state index in [-0.39, 0.29) is 12.5 Å². The molecule has 102 valence electrons. The summed E-state index contributed by atoms with van der Waals surface area (Å²) in [6.07, 6.45) is 4.71. The molecule has 2 heterocycles. The zero-order chi connectivity index (χ0) is 13.2. The average molecular weight is 274 g/mol. The first kappa shape index (κ1) is 13.3. The van der Waals surface area contributed by atoms with E-state index in [0.717, 1.165) is 12.8 Å². The lowest BCUT2D eigenvalue weighted by Crippen LogP contribution is -2.43. The van der Waals surface area contributed by atoms with Crippen molar-refractivity contribution in [1.29, 1.82) is 0 Å². The van der Waals surface area contributed by atoms with Crippen LogP contribution in [0.3, 0.4) is 0 Å². The molecule has 0 aliphatic carbocycles. The predicted molar refractivity (Wildman–Crippen MR) is 67.1 cm³/mol. The summed E-state index contributed by atoms with van der Waals surface area (Å²) in [5, 5.41) is 13.0. The molecule has 1 aromatic heterocycles. The van der Waals surface area contributed by atoms with Gasteiger partial charge in [0.05, 0.1) is 11.9 Å². The molecule has 1 fully saturated rings. The van der Waals surface area contributed by atoms with Crippen molar-refractivity contribution in [2.45, 2.75) is 12.8 Å². The Morgan fingerprint density at radius 3 is 3.00 bits per heavy atom. The van der Waals surface area contributed by atoms with E-state index in [2.05, 4.69) is 9.82 Å². The van der Waals surface area contributed by atoms with E-state index >= 15 is 0 Å². The van der Waals surface area contributed by atoms with E-state index in [1.807, 2.05) is 0 Å². The summed E-state index contributed by atoms with van der Waals surface area (Å²) in [6.45, 7) is 0.886. The Morgan fingerprint density at radius 1 is 1.61 bits per heavy atom. The van der Waals surface area contributed by atoms with Crippen LogP contribution in [0.4, 0.5) is 5.69 Å². The molecular formula is C10H18N4O3S. The van der Waals surface area contributed by atoms with Crippen molar-refractivity contribution in [1.82, 2.24) is 14.1 Å². The highest BCUT2D eigenvalue weighted by atomic mass is 32.2. The number of hydrogen-bond donors (Lipinski definition) is 2. The molecule has 0 radical (unpaired) electrons. The molecule has 18 heavy (non-hydrogen) atoms. The predicted octanol–water partition coefficient (Wildman–Crippen LogP) is -0.219. The van der Waals surface area contributed by atoms with Crippen LogP contribution < -0.4 is 4.72 Å². The lowest BCUT2D eigenvalue weighted by atomic mass is 10.0. The minimum atomic E-state index is -3.55. The number of nitrogens with one attached hydrogen (secondary N) is 1. The van der Waals surface area contributed by atoms with Crippen LogP contribution in [-0.2, 0) is 17.3 Å². The molecular weight excluding hydrogens is 256 g/mol. The second-order valence-corrected chi connectivity index (χ2v) is 6.23. The van der Waals surface area contributed by atoms with E-state index in [0.29, 0.717) is 18.8 Å². The van der Waals surface area contributed by atoms with Crippen molar-refractivity contribution in [2.75, 3.05) is 24.4 Å². The SMILES string of the molecule is Cn1cc(NS(=O)(=O)N2CCCC(CO)C2)cn1. The molecule has 1 aliphatic rings. The Kier molecular flexibility index (Phi) is 3.88. The maximum atomic E-state index is 12.1. The van der Waals surface area contributed by atoms with Gasteiger partial charge in [0.2, 0.25) is 0 Å². The highest BCUT2D eigenvalue weighted by Crippen LogP contribution is 2.20. The van der Waals surface area contributed by atoms with Crippen LogP contribution >= 0.6 is 0 Å². The van der Waals surface area contributed by atoms with Crippen LogP contribution in [0, 0.1) is 5.92 Å². The molecule has 1 aromatic rings. The fourth-order valence-electron chi connectivity index (χ4n) is 2.08. The first-order chi connectivity index (χ1) is 8.51. The van der Waals surface area contributed by atoms with Gasteiger partial charge in [-0.15, -0.1) is 0 Å². The molecule has 2 rings (SSSR count). The van der Waals surface area contributed by atoms with Crippen molar-refractivity contribution in [3.05, 3.63) is 12.4 Å². The van der Waals surface area contributed by atoms with Crippen LogP contribution in [-0.4, -0.2) is 47.3 Å². The molecule has 2 N–H and O–H groups in total. The summed E-state index contributed by atoms with van der Waals surface area (Å²) in [5.74, 6) is 0.0317. The quantitative estimate of drug-likeness (QED) is 0.794. The van der Waals surface area contributed by atoms with Gasteiger partial charge in [-0.25, -0.2) is 0 Å². The highest BCUT2D eigenvalue weighted by molar-refractivity contribution is 7.90. The van der Waals surface area contributed by atoms with E-state index in [4.69, 9.17) is 5.11 Å². The molecule has 0 bridgehead atoms. The van der Waals surface area contributed by atoms with Crippen LogP contribution in [0.1, 0.15) is 12.8 Å². The second-order valence-electron chi connectivity index (χ2n) is 4.56. The van der Waals surface area contributed by atoms with Gasteiger partial charge in [0.15, 0.2) is 0 Å². The Bertz CT molecular complexity index is 499. The van der Waals surface area contributed by atoms with Gasteiger partial charge in [-0.3, -0.25) is 9.40 Å². The van der Waals surface area contributed by atoms with E-state index in [9.17, 15) is 8.42 Å². The van der Waals surface area contributed by atoms with Gasteiger partial charge in [-0.05, 0) is 18.8 Å². The Labute approximate surface area is 107 Å². The van der Waals surface area contributed by atoms with Crippen LogP contribution in [0.25, 0.3) is 0 Å². The summed E-state index contributed by atoms with van der Waals surface area (Å²) in [5.41, 5.74) is 0.448. The number of anilines is 1. The summed E-state index contributed by atoms with van der Waals surface area (Å²) < 4.78 is 29.6. The number of aliphatic hydroxyl groups excluding tert-OH is 1. The van der Waals surface area contributed by atoms with Gasteiger partial charge < -0.3 is 5.11 Å². The molecule has 8 heteroatoms. The lowest BCUT2D eigenvalue weighted by molar-refractivity contribution is 0.166. The molecule has 1 atom stereocenters. The summed E-state index contributed by atoms with van der Waals surface area (Å²) in [6, 6.07) is 0. The first-order valence-electron chi connectivity index (χ1n) is 5.88. The number of aromatic nitrogens is 2. The number of aryl methyl sites for hydroxylation is 1. The molecule has 7 nitrogen and oxygen atoms in total. The zero-order valence-corrected chi connectivity index (χ0v) is 11.1. The second kappa shape index (κ2) is 5.25. The summed E-state index contributed by atoms with van der Waals surface area (Å²) in [4.78, 5) is 0. The molecule has 0 spiro atoms. The smallest absolute Gasteiger partial charge is 0.301 e. The number of rotatable bonds is 4. The van der Waals surface area contributed by atoms with Crippen molar-refractivity contribution < 1.29 is 13.5 Å². The fraction of sp³-hybridized carbons (Fsp3) is 0.700. The number of hydrogen-bond acceptors (Lipinski definition) is 4. The lowest BCUT2D eigenvalue weighted by Gasteiger charge is -2.30.